The zero-order valence-electron chi connectivity index (χ0n) is 19.6. The van der Waals surface area contributed by atoms with Crippen LogP contribution in [-0.2, 0) is 11.2 Å². The van der Waals surface area contributed by atoms with Crippen LogP contribution in [0.2, 0.25) is 0 Å². The van der Waals surface area contributed by atoms with E-state index < -0.39 is 11.7 Å². The number of likely N-dealkylation sites (N-methyl/N-ethyl adjacent to an activating group) is 1. The van der Waals surface area contributed by atoms with Crippen LogP contribution in [0.4, 0.5) is 21.8 Å². The van der Waals surface area contributed by atoms with Crippen molar-refractivity contribution < 1.29 is 14.0 Å². The highest BCUT2D eigenvalue weighted by atomic mass is 19.1. The van der Waals surface area contributed by atoms with Gasteiger partial charge in [0.05, 0.1) is 12.1 Å². The quantitative estimate of drug-likeness (QED) is 0.409. The van der Waals surface area contributed by atoms with Gasteiger partial charge in [0.1, 0.15) is 0 Å². The fourth-order valence-corrected chi connectivity index (χ4v) is 4.27. The summed E-state index contributed by atoms with van der Waals surface area (Å²) in [6, 6.07) is 16.7. The molecule has 0 radical (unpaired) electrons. The van der Waals surface area contributed by atoms with Gasteiger partial charge in [-0.25, -0.2) is 9.37 Å². The largest absolute Gasteiger partial charge is 0.369 e. The highest BCUT2D eigenvalue weighted by Gasteiger charge is 2.32. The van der Waals surface area contributed by atoms with Crippen molar-refractivity contribution in [2.75, 3.05) is 24.2 Å². The second-order valence-electron chi connectivity index (χ2n) is 8.75. The van der Waals surface area contributed by atoms with Crippen LogP contribution in [0, 0.1) is 11.7 Å². The lowest BCUT2D eigenvalue weighted by Gasteiger charge is -2.19. The van der Waals surface area contributed by atoms with Crippen LogP contribution >= 0.6 is 0 Å². The number of primary amides is 1. The van der Waals surface area contributed by atoms with E-state index in [4.69, 9.17) is 5.73 Å². The first-order valence-electron chi connectivity index (χ1n) is 11.7. The van der Waals surface area contributed by atoms with Crippen molar-refractivity contribution in [3.8, 4) is 0 Å². The van der Waals surface area contributed by atoms with Crippen LogP contribution in [0.15, 0.2) is 60.8 Å². The summed E-state index contributed by atoms with van der Waals surface area (Å²) < 4.78 is 14.3. The second kappa shape index (κ2) is 12.1. The molecule has 0 saturated heterocycles. The van der Waals surface area contributed by atoms with Crippen LogP contribution < -0.4 is 16.4 Å². The predicted molar refractivity (Wildman–Crippen MR) is 139 cm³/mol. The van der Waals surface area contributed by atoms with Gasteiger partial charge in [0.15, 0.2) is 11.6 Å². The van der Waals surface area contributed by atoms with Crippen molar-refractivity contribution in [3.05, 3.63) is 77.7 Å². The molecule has 3 aromatic rings. The van der Waals surface area contributed by atoms with Crippen LogP contribution in [0.3, 0.4) is 0 Å². The van der Waals surface area contributed by atoms with Crippen LogP contribution in [0.1, 0.15) is 42.6 Å². The number of amides is 2. The number of aromatic nitrogens is 2. The van der Waals surface area contributed by atoms with Gasteiger partial charge in [-0.15, -0.1) is 0 Å². The lowest BCUT2D eigenvalue weighted by atomic mass is 10.0. The Morgan fingerprint density at radius 3 is 2.53 bits per heavy atom. The van der Waals surface area contributed by atoms with E-state index in [2.05, 4.69) is 20.6 Å². The van der Waals surface area contributed by atoms with E-state index in [1.807, 2.05) is 30.3 Å². The molecule has 0 aliphatic heterocycles. The molecule has 190 valence electrons. The van der Waals surface area contributed by atoms with Crippen LogP contribution in [-0.4, -0.2) is 46.3 Å². The first kappa shape index (κ1) is 26.6. The third kappa shape index (κ3) is 6.56. The van der Waals surface area contributed by atoms with Gasteiger partial charge in [-0.05, 0) is 49.1 Å². The Hall–Kier alpha value is -4.01. The van der Waals surface area contributed by atoms with Crippen molar-refractivity contribution in [2.45, 2.75) is 39.2 Å². The van der Waals surface area contributed by atoms with Gasteiger partial charge in [-0.1, -0.05) is 44.2 Å². The van der Waals surface area contributed by atoms with E-state index in [9.17, 15) is 14.0 Å². The number of hydrogen-bond donors (Lipinski definition) is 3. The third-order valence-corrected chi connectivity index (χ3v) is 6.26. The highest BCUT2D eigenvalue weighted by Crippen LogP contribution is 2.29. The summed E-state index contributed by atoms with van der Waals surface area (Å²) in [7, 11) is 1.78. The van der Waals surface area contributed by atoms with Gasteiger partial charge in [0.25, 0.3) is 5.91 Å². The first-order chi connectivity index (χ1) is 16.9. The van der Waals surface area contributed by atoms with Crippen molar-refractivity contribution in [1.82, 2.24) is 14.9 Å². The van der Waals surface area contributed by atoms with Crippen molar-refractivity contribution in [3.63, 3.8) is 0 Å². The van der Waals surface area contributed by atoms with E-state index in [0.717, 1.165) is 25.5 Å². The van der Waals surface area contributed by atoms with Crippen molar-refractivity contribution in [1.29, 1.82) is 0 Å². The van der Waals surface area contributed by atoms with Gasteiger partial charge in [0.2, 0.25) is 11.9 Å². The summed E-state index contributed by atoms with van der Waals surface area (Å²) in [5, 5.41) is 6.04. The number of carbonyl (C=O) groups excluding carboxylic acids is 2. The van der Waals surface area contributed by atoms with Crippen LogP contribution in [0.5, 0.6) is 0 Å². The molecule has 0 bridgehead atoms. The number of anilines is 3. The standard InChI is InChI=1S/C26H29FN6O2.CH4/c1-33(15-14-17-6-3-2-4-7-17)25(35)18-10-12-19(13-11-18)30-26-29-16-21(27)24(32-26)31-22-9-5-8-20(22)23(28)34;/h2-4,6-7,10-13,16,20,22H,5,8-9,14-15H2,1H3,(H2,28,34)(H2,29,30,31,32);1H4/t20-,22+;/m0./s1. The Balaban J connectivity index is 0.00000361. The number of nitrogens with two attached hydrogens (primary N) is 1. The van der Waals surface area contributed by atoms with E-state index in [-0.39, 0.29) is 37.1 Å². The summed E-state index contributed by atoms with van der Waals surface area (Å²) >= 11 is 0. The molecule has 2 atom stereocenters. The summed E-state index contributed by atoms with van der Waals surface area (Å²) in [6.07, 6.45) is 4.09. The first-order valence-corrected chi connectivity index (χ1v) is 11.7. The minimum absolute atomic E-state index is 0. The average molecular weight is 493 g/mol. The van der Waals surface area contributed by atoms with Gasteiger partial charge >= 0.3 is 0 Å². The Morgan fingerprint density at radius 2 is 1.83 bits per heavy atom. The number of hydrogen-bond acceptors (Lipinski definition) is 6. The molecule has 4 rings (SSSR count). The van der Waals surface area contributed by atoms with Gasteiger partial charge in [-0.2, -0.15) is 4.98 Å². The number of halogens is 1. The molecule has 1 saturated carbocycles. The van der Waals surface area contributed by atoms with Gasteiger partial charge in [-0.3, -0.25) is 9.59 Å². The fraction of sp³-hybridized carbons (Fsp3) is 0.333. The van der Waals surface area contributed by atoms with E-state index in [0.29, 0.717) is 24.2 Å². The van der Waals surface area contributed by atoms with E-state index >= 15 is 0 Å². The number of benzene rings is 2. The maximum absolute atomic E-state index is 14.3. The van der Waals surface area contributed by atoms with Gasteiger partial charge < -0.3 is 21.3 Å². The molecule has 1 aliphatic rings. The number of rotatable bonds is 9. The monoisotopic (exact) mass is 492 g/mol. The molecule has 36 heavy (non-hydrogen) atoms. The molecule has 4 N–H and O–H groups in total. The number of nitrogens with one attached hydrogen (secondary N) is 2. The molecule has 1 heterocycles. The van der Waals surface area contributed by atoms with E-state index in [1.54, 1.807) is 36.2 Å². The molecular formula is C27H33FN6O2. The molecular weight excluding hydrogens is 459 g/mol. The molecule has 2 amide bonds. The Morgan fingerprint density at radius 1 is 1.11 bits per heavy atom. The number of nitrogens with zero attached hydrogens (tertiary/aromatic N) is 3. The molecule has 1 fully saturated rings. The second-order valence-corrected chi connectivity index (χ2v) is 8.75. The lowest BCUT2D eigenvalue weighted by molar-refractivity contribution is -0.121. The smallest absolute Gasteiger partial charge is 0.253 e. The lowest BCUT2D eigenvalue weighted by Crippen LogP contribution is -2.34. The zero-order chi connectivity index (χ0) is 24.8. The fourth-order valence-electron chi connectivity index (χ4n) is 4.27. The highest BCUT2D eigenvalue weighted by molar-refractivity contribution is 5.94. The molecule has 1 aliphatic carbocycles. The zero-order valence-corrected chi connectivity index (χ0v) is 19.6. The van der Waals surface area contributed by atoms with E-state index in [1.165, 1.54) is 5.56 Å². The maximum Gasteiger partial charge on any atom is 0.253 e. The minimum Gasteiger partial charge on any atom is -0.369 e. The minimum atomic E-state index is -0.606. The Bertz CT molecular complexity index is 1170. The Labute approximate surface area is 211 Å². The summed E-state index contributed by atoms with van der Waals surface area (Å²) in [5.74, 6) is -1.21. The normalized spacial score (nSPS) is 16.6. The van der Waals surface area contributed by atoms with Crippen LogP contribution in [0.25, 0.3) is 0 Å². The van der Waals surface area contributed by atoms with Crippen molar-refractivity contribution >= 4 is 29.3 Å². The average Bonchev–Trinajstić information content (AvgIpc) is 3.34. The third-order valence-electron chi connectivity index (χ3n) is 6.26. The predicted octanol–water partition coefficient (Wildman–Crippen LogP) is 4.38. The molecule has 2 aromatic carbocycles. The number of carbonyl (C=O) groups is 2. The molecule has 0 spiro atoms. The molecule has 0 unspecified atom stereocenters. The summed E-state index contributed by atoms with van der Waals surface area (Å²) in [5.41, 5.74) is 7.86. The SMILES string of the molecule is C.CN(CCc1ccccc1)C(=O)c1ccc(Nc2ncc(F)c(N[C@@H]3CCC[C@@H]3C(N)=O)n2)cc1. The molecule has 8 nitrogen and oxygen atoms in total. The topological polar surface area (TPSA) is 113 Å². The maximum atomic E-state index is 14.3. The molecule has 9 heteroatoms. The molecule has 1 aromatic heterocycles. The summed E-state index contributed by atoms with van der Waals surface area (Å²) in [4.78, 5) is 34.3. The summed E-state index contributed by atoms with van der Waals surface area (Å²) in [6.45, 7) is 0.611. The van der Waals surface area contributed by atoms with Gasteiger partial charge in [0, 0.05) is 30.9 Å². The van der Waals surface area contributed by atoms with Crippen molar-refractivity contribution in [2.24, 2.45) is 11.7 Å². The Kier molecular flexibility index (Phi) is 8.94.